The van der Waals surface area contributed by atoms with E-state index in [0.29, 0.717) is 17.5 Å². The van der Waals surface area contributed by atoms with Crippen LogP contribution in [-0.4, -0.2) is 19.5 Å². The molecule has 0 atom stereocenters. The van der Waals surface area contributed by atoms with Gasteiger partial charge in [0.2, 0.25) is 0 Å². The third kappa shape index (κ3) is 6.14. The molecule has 0 amide bonds. The highest BCUT2D eigenvalue weighted by molar-refractivity contribution is 6.14. The minimum Gasteiger partial charge on any atom is -0.456 e. The van der Waals surface area contributed by atoms with Gasteiger partial charge in [0.1, 0.15) is 11.2 Å². The average Bonchev–Trinajstić information content (AvgIpc) is 3.90. The van der Waals surface area contributed by atoms with E-state index in [1.165, 1.54) is 21.8 Å². The van der Waals surface area contributed by atoms with Crippen LogP contribution in [0.15, 0.2) is 223 Å². The Morgan fingerprint density at radius 2 is 0.790 bits per heavy atom. The van der Waals surface area contributed by atoms with Crippen molar-refractivity contribution in [2.45, 2.75) is 0 Å². The van der Waals surface area contributed by atoms with E-state index in [1.54, 1.807) is 0 Å². The Hall–Kier alpha value is -8.41. The van der Waals surface area contributed by atoms with Crippen LogP contribution in [0.3, 0.4) is 0 Å². The summed E-state index contributed by atoms with van der Waals surface area (Å²) >= 11 is 0. The maximum Gasteiger partial charge on any atom is 0.164 e. The zero-order valence-corrected chi connectivity index (χ0v) is 33.5. The first-order valence-electron chi connectivity index (χ1n) is 20.8. The lowest BCUT2D eigenvalue weighted by atomic mass is 9.97. The second-order valence-electron chi connectivity index (χ2n) is 15.6. The summed E-state index contributed by atoms with van der Waals surface area (Å²) in [5, 5.41) is 4.45. The van der Waals surface area contributed by atoms with Crippen molar-refractivity contribution in [1.29, 1.82) is 0 Å². The maximum atomic E-state index is 6.84. The molecule has 12 rings (SSSR count). The molecule has 0 saturated carbocycles. The zero-order chi connectivity index (χ0) is 41.0. The molecule has 0 N–H and O–H groups in total. The smallest absolute Gasteiger partial charge is 0.164 e. The Kier molecular flexibility index (Phi) is 8.42. The van der Waals surface area contributed by atoms with Crippen molar-refractivity contribution in [2.75, 3.05) is 0 Å². The van der Waals surface area contributed by atoms with Crippen LogP contribution >= 0.6 is 0 Å². The molecule has 0 saturated heterocycles. The Balaban J connectivity index is 1.01. The first-order valence-corrected chi connectivity index (χ1v) is 20.8. The van der Waals surface area contributed by atoms with Crippen LogP contribution < -0.4 is 0 Å². The molecule has 12 aromatic rings. The number of para-hydroxylation sites is 2. The third-order valence-electron chi connectivity index (χ3n) is 11.9. The quantitative estimate of drug-likeness (QED) is 0.161. The van der Waals surface area contributed by atoms with Crippen LogP contribution in [0.25, 0.3) is 117 Å². The fraction of sp³-hybridized carbons (Fsp3) is 0. The van der Waals surface area contributed by atoms with E-state index >= 15 is 0 Å². The van der Waals surface area contributed by atoms with Crippen molar-refractivity contribution in [1.82, 2.24) is 19.5 Å². The van der Waals surface area contributed by atoms with Gasteiger partial charge in [-0.05, 0) is 88.0 Å². The molecule has 9 aromatic carbocycles. The molecule has 0 unspecified atom stereocenters. The van der Waals surface area contributed by atoms with Crippen LogP contribution in [0.1, 0.15) is 0 Å². The lowest BCUT2D eigenvalue weighted by Gasteiger charge is -2.12. The number of benzene rings is 9. The summed E-state index contributed by atoms with van der Waals surface area (Å²) in [6.45, 7) is 0. The SMILES string of the molecule is c1ccc(-c2cccc(-c3nc(-c4ccccc4)nc(-c4cc(-c5ccccc5)cc5oc6cc(-c7ccc(-n8c9ccccc9c9ccccc98)cc7)ccc6c45)n3)c2)cc1. The summed E-state index contributed by atoms with van der Waals surface area (Å²) in [6, 6.07) is 76.2. The molecular formula is C57H36N4O. The third-order valence-corrected chi connectivity index (χ3v) is 11.9. The minimum absolute atomic E-state index is 0.578. The van der Waals surface area contributed by atoms with Crippen molar-refractivity contribution >= 4 is 43.7 Å². The van der Waals surface area contributed by atoms with Crippen LogP contribution in [0.2, 0.25) is 0 Å². The van der Waals surface area contributed by atoms with Crippen molar-refractivity contribution in [3.8, 4) is 73.2 Å². The first kappa shape index (κ1) is 35.5. The van der Waals surface area contributed by atoms with Crippen molar-refractivity contribution in [3.05, 3.63) is 218 Å². The normalized spacial score (nSPS) is 11.5. The predicted molar refractivity (Wildman–Crippen MR) is 254 cm³/mol. The van der Waals surface area contributed by atoms with Crippen molar-refractivity contribution < 1.29 is 4.42 Å². The van der Waals surface area contributed by atoms with E-state index in [1.807, 2.05) is 42.5 Å². The predicted octanol–water partition coefficient (Wildman–Crippen LogP) is 14.9. The molecule has 5 heteroatoms. The highest BCUT2D eigenvalue weighted by Crippen LogP contribution is 2.42. The number of rotatable bonds is 7. The largest absolute Gasteiger partial charge is 0.456 e. The fourth-order valence-corrected chi connectivity index (χ4v) is 8.87. The van der Waals surface area contributed by atoms with Gasteiger partial charge in [0.25, 0.3) is 0 Å². The molecule has 0 aliphatic rings. The van der Waals surface area contributed by atoms with Crippen LogP contribution in [-0.2, 0) is 0 Å². The lowest BCUT2D eigenvalue weighted by Crippen LogP contribution is -2.01. The van der Waals surface area contributed by atoms with E-state index < -0.39 is 0 Å². The monoisotopic (exact) mass is 792 g/mol. The van der Waals surface area contributed by atoms with Gasteiger partial charge in [0.15, 0.2) is 17.5 Å². The van der Waals surface area contributed by atoms with Crippen molar-refractivity contribution in [2.24, 2.45) is 0 Å². The van der Waals surface area contributed by atoms with Gasteiger partial charge in [-0.1, -0.05) is 164 Å². The van der Waals surface area contributed by atoms with E-state index in [0.717, 1.165) is 77.7 Å². The molecule has 0 bridgehead atoms. The molecule has 3 aromatic heterocycles. The molecule has 0 aliphatic carbocycles. The fourth-order valence-electron chi connectivity index (χ4n) is 8.87. The Morgan fingerprint density at radius 3 is 1.47 bits per heavy atom. The van der Waals surface area contributed by atoms with E-state index in [-0.39, 0.29) is 0 Å². The highest BCUT2D eigenvalue weighted by atomic mass is 16.3. The second-order valence-corrected chi connectivity index (χ2v) is 15.6. The molecule has 0 aliphatic heterocycles. The van der Waals surface area contributed by atoms with Crippen molar-refractivity contribution in [3.63, 3.8) is 0 Å². The highest BCUT2D eigenvalue weighted by Gasteiger charge is 2.21. The lowest BCUT2D eigenvalue weighted by molar-refractivity contribution is 0.669. The van der Waals surface area contributed by atoms with Gasteiger partial charge in [-0.25, -0.2) is 15.0 Å². The number of hydrogen-bond donors (Lipinski definition) is 0. The van der Waals surface area contributed by atoms with E-state index in [9.17, 15) is 0 Å². The molecule has 0 radical (unpaired) electrons. The average molecular weight is 793 g/mol. The molecule has 3 heterocycles. The molecule has 0 spiro atoms. The molecular weight excluding hydrogens is 757 g/mol. The Bertz CT molecular complexity index is 3560. The van der Waals surface area contributed by atoms with Crippen LogP contribution in [0.4, 0.5) is 0 Å². The summed E-state index contributed by atoms with van der Waals surface area (Å²) in [5.41, 5.74) is 14.3. The number of hydrogen-bond acceptors (Lipinski definition) is 4. The summed E-state index contributed by atoms with van der Waals surface area (Å²) in [4.78, 5) is 15.6. The molecule has 290 valence electrons. The minimum atomic E-state index is 0.578. The van der Waals surface area contributed by atoms with Gasteiger partial charge in [0.05, 0.1) is 11.0 Å². The molecule has 0 fully saturated rings. The van der Waals surface area contributed by atoms with Gasteiger partial charge in [-0.2, -0.15) is 0 Å². The number of aromatic nitrogens is 4. The van der Waals surface area contributed by atoms with E-state index in [4.69, 9.17) is 19.4 Å². The number of fused-ring (bicyclic) bond motifs is 6. The number of nitrogens with zero attached hydrogens (tertiary/aromatic N) is 4. The van der Waals surface area contributed by atoms with Crippen LogP contribution in [0, 0.1) is 0 Å². The molecule has 5 nitrogen and oxygen atoms in total. The summed E-state index contributed by atoms with van der Waals surface area (Å²) in [7, 11) is 0. The Labute approximate surface area is 357 Å². The number of furan rings is 1. The summed E-state index contributed by atoms with van der Waals surface area (Å²) in [5.74, 6) is 1.78. The second kappa shape index (κ2) is 14.7. The zero-order valence-electron chi connectivity index (χ0n) is 33.5. The topological polar surface area (TPSA) is 56.7 Å². The van der Waals surface area contributed by atoms with Gasteiger partial charge in [-0.3, -0.25) is 0 Å². The first-order chi connectivity index (χ1) is 30.7. The maximum absolute atomic E-state index is 6.84. The van der Waals surface area contributed by atoms with Gasteiger partial charge < -0.3 is 8.98 Å². The summed E-state index contributed by atoms with van der Waals surface area (Å²) < 4.78 is 9.18. The van der Waals surface area contributed by atoms with Gasteiger partial charge in [0, 0.05) is 43.9 Å². The molecule has 62 heavy (non-hydrogen) atoms. The van der Waals surface area contributed by atoms with Gasteiger partial charge >= 0.3 is 0 Å². The van der Waals surface area contributed by atoms with E-state index in [2.05, 4.69) is 180 Å². The summed E-state index contributed by atoms with van der Waals surface area (Å²) in [6.07, 6.45) is 0. The van der Waals surface area contributed by atoms with Gasteiger partial charge in [-0.15, -0.1) is 0 Å². The van der Waals surface area contributed by atoms with Crippen LogP contribution in [0.5, 0.6) is 0 Å². The Morgan fingerprint density at radius 1 is 0.306 bits per heavy atom. The standard InChI is InChI=1S/C57H36N4O/c1-4-15-37(16-5-1)41-21-14-22-43(33-41)56-58-55(40-19-8-3-9-20-40)59-57(60-56)49-34-44(38-17-6-2-7-18-38)36-53-54(49)48-32-29-42(35-52(48)62-53)39-27-30-45(31-28-39)61-50-25-12-10-23-46(50)47-24-11-13-26-51(47)61/h1-36H.